The van der Waals surface area contributed by atoms with Gasteiger partial charge in [-0.25, -0.2) is 13.6 Å². The Balaban J connectivity index is 2.37. The molecule has 6 heteroatoms. The molecule has 0 saturated heterocycles. The van der Waals surface area contributed by atoms with Crippen molar-refractivity contribution in [1.82, 2.24) is 0 Å². The van der Waals surface area contributed by atoms with Crippen molar-refractivity contribution in [3.05, 3.63) is 23.8 Å². The molecule has 0 heterocycles. The number of benzene rings is 1. The van der Waals surface area contributed by atoms with E-state index in [0.717, 1.165) is 12.8 Å². The van der Waals surface area contributed by atoms with E-state index in [1.54, 1.807) is 6.07 Å². The molecule has 0 radical (unpaired) electrons. The van der Waals surface area contributed by atoms with Crippen LogP contribution in [-0.2, 0) is 16.6 Å². The molecular weight excluding hydrogens is 228 g/mol. The lowest BCUT2D eigenvalue weighted by Crippen LogP contribution is -2.13. The van der Waals surface area contributed by atoms with Gasteiger partial charge in [0, 0.05) is 12.6 Å². The third-order valence-electron chi connectivity index (χ3n) is 2.33. The molecule has 1 aromatic rings. The maximum Gasteiger partial charge on any atom is 0.238 e. The summed E-state index contributed by atoms with van der Waals surface area (Å²) < 4.78 is 28.0. The Morgan fingerprint density at radius 1 is 1.31 bits per heavy atom. The summed E-state index contributed by atoms with van der Waals surface area (Å²) >= 11 is 0. The van der Waals surface area contributed by atoms with Crippen LogP contribution in [0, 0.1) is 0 Å². The van der Waals surface area contributed by atoms with Crippen LogP contribution in [-0.4, -0.2) is 14.5 Å². The number of hydrogen-bond donors (Lipinski definition) is 2. The smallest absolute Gasteiger partial charge is 0.238 e. The minimum Gasteiger partial charge on any atom is -0.490 e. The lowest BCUT2D eigenvalue weighted by molar-refractivity contribution is 0.302. The average molecular weight is 242 g/mol. The van der Waals surface area contributed by atoms with Crippen LogP contribution in [0.25, 0.3) is 0 Å². The van der Waals surface area contributed by atoms with E-state index in [4.69, 9.17) is 15.6 Å². The average Bonchev–Trinajstić information content (AvgIpc) is 3.00. The van der Waals surface area contributed by atoms with Gasteiger partial charge < -0.3 is 10.5 Å². The molecule has 16 heavy (non-hydrogen) atoms. The highest BCUT2D eigenvalue weighted by Gasteiger charge is 2.24. The van der Waals surface area contributed by atoms with Gasteiger partial charge in [-0.3, -0.25) is 0 Å². The van der Waals surface area contributed by atoms with Gasteiger partial charge in [0.2, 0.25) is 10.0 Å². The topological polar surface area (TPSA) is 95.4 Å². The third kappa shape index (κ3) is 2.72. The van der Waals surface area contributed by atoms with Gasteiger partial charge >= 0.3 is 0 Å². The number of primary sulfonamides is 1. The molecule has 0 amide bonds. The maximum absolute atomic E-state index is 11.2. The van der Waals surface area contributed by atoms with E-state index in [9.17, 15) is 8.42 Å². The minimum absolute atomic E-state index is 0.0473. The first-order valence-electron chi connectivity index (χ1n) is 5.02. The summed E-state index contributed by atoms with van der Waals surface area (Å²) in [6, 6.07) is 4.65. The molecule has 0 bridgehead atoms. The van der Waals surface area contributed by atoms with Gasteiger partial charge in [0.15, 0.2) is 0 Å². The van der Waals surface area contributed by atoms with Gasteiger partial charge in [-0.2, -0.15) is 0 Å². The Morgan fingerprint density at radius 3 is 2.50 bits per heavy atom. The van der Waals surface area contributed by atoms with Crippen molar-refractivity contribution in [2.24, 2.45) is 10.9 Å². The Labute approximate surface area is 94.4 Å². The molecule has 0 spiro atoms. The minimum atomic E-state index is -3.71. The van der Waals surface area contributed by atoms with Crippen LogP contribution >= 0.6 is 0 Å². The van der Waals surface area contributed by atoms with E-state index < -0.39 is 10.0 Å². The van der Waals surface area contributed by atoms with Crippen molar-refractivity contribution in [3.8, 4) is 5.75 Å². The quantitative estimate of drug-likeness (QED) is 0.795. The first-order valence-corrected chi connectivity index (χ1v) is 6.57. The molecule has 0 aliphatic heterocycles. The van der Waals surface area contributed by atoms with Gasteiger partial charge in [-0.05, 0) is 30.5 Å². The van der Waals surface area contributed by atoms with E-state index in [0.29, 0.717) is 11.3 Å². The van der Waals surface area contributed by atoms with E-state index in [2.05, 4.69) is 0 Å². The number of rotatable bonds is 4. The summed E-state index contributed by atoms with van der Waals surface area (Å²) in [5.74, 6) is 0.523. The fourth-order valence-corrected chi connectivity index (χ4v) is 1.96. The number of hydrogen-bond acceptors (Lipinski definition) is 4. The second kappa shape index (κ2) is 4.04. The van der Waals surface area contributed by atoms with E-state index in [1.807, 2.05) is 0 Å². The highest BCUT2D eigenvalue weighted by Crippen LogP contribution is 2.28. The van der Waals surface area contributed by atoms with E-state index in [1.165, 1.54) is 12.1 Å². The second-order valence-corrected chi connectivity index (χ2v) is 5.44. The summed E-state index contributed by atoms with van der Waals surface area (Å²) in [5, 5.41) is 5.07. The zero-order valence-corrected chi connectivity index (χ0v) is 9.53. The van der Waals surface area contributed by atoms with Crippen molar-refractivity contribution in [2.45, 2.75) is 30.4 Å². The zero-order valence-electron chi connectivity index (χ0n) is 8.72. The lowest BCUT2D eigenvalue weighted by atomic mass is 10.2. The van der Waals surface area contributed by atoms with Gasteiger partial charge in [0.1, 0.15) is 5.75 Å². The van der Waals surface area contributed by atoms with Gasteiger partial charge in [0.05, 0.1) is 11.0 Å². The molecule has 0 atom stereocenters. The summed E-state index contributed by atoms with van der Waals surface area (Å²) in [6.07, 6.45) is 2.23. The van der Waals surface area contributed by atoms with Crippen LogP contribution < -0.4 is 15.6 Å². The Kier molecular flexibility index (Phi) is 2.88. The molecule has 1 aromatic carbocycles. The normalized spacial score (nSPS) is 16.1. The largest absolute Gasteiger partial charge is 0.490 e. The predicted molar refractivity (Wildman–Crippen MR) is 59.4 cm³/mol. The van der Waals surface area contributed by atoms with E-state index in [-0.39, 0.29) is 17.5 Å². The lowest BCUT2D eigenvalue weighted by Gasteiger charge is -2.08. The third-order valence-corrected chi connectivity index (χ3v) is 3.22. The first-order chi connectivity index (χ1) is 7.49. The standard InChI is InChI=1S/C10H14N2O3S/c11-6-7-3-9(15-8-1-2-8)5-10(4-7)16(12,13)14/h3-5,8H,1-2,6,11H2,(H2,12,13,14). The molecular formula is C10H14N2O3S. The molecule has 4 N–H and O–H groups in total. The fourth-order valence-electron chi connectivity index (χ4n) is 1.36. The monoisotopic (exact) mass is 242 g/mol. The Hall–Kier alpha value is -1.11. The molecule has 0 unspecified atom stereocenters. The van der Waals surface area contributed by atoms with Crippen LogP contribution in [0.2, 0.25) is 0 Å². The predicted octanol–water partition coefficient (Wildman–Crippen LogP) is 0.334. The first kappa shape index (κ1) is 11.4. The SMILES string of the molecule is NCc1cc(OC2CC2)cc(S(N)(=O)=O)c1. The molecule has 1 aliphatic rings. The summed E-state index contributed by atoms with van der Waals surface area (Å²) in [7, 11) is -3.71. The highest BCUT2D eigenvalue weighted by molar-refractivity contribution is 7.89. The number of ether oxygens (including phenoxy) is 1. The van der Waals surface area contributed by atoms with Crippen LogP contribution in [0.1, 0.15) is 18.4 Å². The molecule has 1 saturated carbocycles. The molecule has 1 aliphatic carbocycles. The summed E-state index contributed by atoms with van der Waals surface area (Å²) in [4.78, 5) is 0.0473. The van der Waals surface area contributed by atoms with Crippen molar-refractivity contribution in [1.29, 1.82) is 0 Å². The van der Waals surface area contributed by atoms with Gasteiger partial charge in [-0.15, -0.1) is 0 Å². The Morgan fingerprint density at radius 2 is 2.00 bits per heavy atom. The van der Waals surface area contributed by atoms with Crippen molar-refractivity contribution in [3.63, 3.8) is 0 Å². The van der Waals surface area contributed by atoms with Crippen molar-refractivity contribution in [2.75, 3.05) is 0 Å². The van der Waals surface area contributed by atoms with Crippen LogP contribution in [0.15, 0.2) is 23.1 Å². The van der Waals surface area contributed by atoms with E-state index >= 15 is 0 Å². The second-order valence-electron chi connectivity index (χ2n) is 3.88. The molecule has 88 valence electrons. The van der Waals surface area contributed by atoms with Gasteiger partial charge in [-0.1, -0.05) is 0 Å². The summed E-state index contributed by atoms with van der Waals surface area (Å²) in [6.45, 7) is 0.254. The molecule has 5 nitrogen and oxygen atoms in total. The highest BCUT2D eigenvalue weighted by atomic mass is 32.2. The fraction of sp³-hybridized carbons (Fsp3) is 0.400. The van der Waals surface area contributed by atoms with Crippen molar-refractivity contribution >= 4 is 10.0 Å². The van der Waals surface area contributed by atoms with Crippen LogP contribution in [0.4, 0.5) is 0 Å². The summed E-state index contributed by atoms with van der Waals surface area (Å²) in [5.41, 5.74) is 6.18. The molecule has 2 rings (SSSR count). The Bertz CT molecular complexity index is 495. The zero-order chi connectivity index (χ0) is 11.8. The van der Waals surface area contributed by atoms with Crippen LogP contribution in [0.5, 0.6) is 5.75 Å². The maximum atomic E-state index is 11.2. The molecule has 1 fully saturated rings. The molecule has 0 aromatic heterocycles. The van der Waals surface area contributed by atoms with Crippen molar-refractivity contribution < 1.29 is 13.2 Å². The van der Waals surface area contributed by atoms with Crippen LogP contribution in [0.3, 0.4) is 0 Å². The van der Waals surface area contributed by atoms with Gasteiger partial charge in [0.25, 0.3) is 0 Å². The number of nitrogens with two attached hydrogens (primary N) is 2. The number of sulfonamides is 1.